The molecule has 21 heavy (non-hydrogen) atoms. The van der Waals surface area contributed by atoms with E-state index in [9.17, 15) is 0 Å². The summed E-state index contributed by atoms with van der Waals surface area (Å²) < 4.78 is 11.5. The lowest BCUT2D eigenvalue weighted by Gasteiger charge is -2.24. The maximum absolute atomic E-state index is 5.99. The number of rotatable bonds is 8. The van der Waals surface area contributed by atoms with Gasteiger partial charge in [0.2, 0.25) is 11.7 Å². The van der Waals surface area contributed by atoms with E-state index < -0.39 is 0 Å². The van der Waals surface area contributed by atoms with Crippen LogP contribution in [0.4, 0.5) is 0 Å². The van der Waals surface area contributed by atoms with Gasteiger partial charge < -0.3 is 14.6 Å². The lowest BCUT2D eigenvalue weighted by atomic mass is 10.0. The Morgan fingerprint density at radius 1 is 1.29 bits per heavy atom. The Hall–Kier alpha value is -0.940. The summed E-state index contributed by atoms with van der Waals surface area (Å²) in [6.07, 6.45) is 5.47. The summed E-state index contributed by atoms with van der Waals surface area (Å²) in [4.78, 5) is 4.67. The van der Waals surface area contributed by atoms with Gasteiger partial charge in [0.1, 0.15) is 5.60 Å². The van der Waals surface area contributed by atoms with Crippen molar-refractivity contribution in [2.24, 2.45) is 0 Å². The second-order valence-electron chi connectivity index (χ2n) is 6.12. The van der Waals surface area contributed by atoms with E-state index in [-0.39, 0.29) is 11.5 Å². The van der Waals surface area contributed by atoms with Crippen LogP contribution in [0.25, 0.3) is 0 Å². The molecule has 0 radical (unpaired) electrons. The molecule has 2 unspecified atom stereocenters. The molecule has 120 valence electrons. The van der Waals surface area contributed by atoms with Gasteiger partial charge in [0.25, 0.3) is 0 Å². The Labute approximate surface area is 127 Å². The van der Waals surface area contributed by atoms with E-state index in [1.807, 2.05) is 6.92 Å². The van der Waals surface area contributed by atoms with Crippen molar-refractivity contribution in [3.8, 4) is 0 Å². The summed E-state index contributed by atoms with van der Waals surface area (Å²) in [5, 5.41) is 7.72. The van der Waals surface area contributed by atoms with Crippen LogP contribution in [0.15, 0.2) is 4.52 Å². The second-order valence-corrected chi connectivity index (χ2v) is 6.12. The average Bonchev–Trinajstić information content (AvgIpc) is 3.13. The van der Waals surface area contributed by atoms with Gasteiger partial charge in [-0.3, -0.25) is 0 Å². The minimum atomic E-state index is -0.309. The highest BCUT2D eigenvalue weighted by Gasteiger charge is 2.41. The van der Waals surface area contributed by atoms with Crippen LogP contribution in [-0.2, 0) is 10.3 Å². The van der Waals surface area contributed by atoms with E-state index in [1.54, 1.807) is 0 Å². The standard InChI is InChI=1S/C16H29N3O2/c1-5-11-17-13(4)12(3)14-18-15(19-21-14)16(20-6-2)9-7-8-10-16/h12-13,17H,5-11H2,1-4H3. The molecule has 0 saturated heterocycles. The predicted octanol–water partition coefficient (Wildman–Crippen LogP) is 3.37. The first-order valence-corrected chi connectivity index (χ1v) is 8.34. The van der Waals surface area contributed by atoms with E-state index in [0.717, 1.165) is 31.6 Å². The van der Waals surface area contributed by atoms with Crippen molar-refractivity contribution in [3.63, 3.8) is 0 Å². The van der Waals surface area contributed by atoms with Crippen LogP contribution in [0.2, 0.25) is 0 Å². The SMILES string of the molecule is CCCNC(C)C(C)c1nc(C2(OCC)CCCC2)no1. The lowest BCUT2D eigenvalue weighted by molar-refractivity contribution is -0.0469. The fourth-order valence-corrected chi connectivity index (χ4v) is 3.02. The fourth-order valence-electron chi connectivity index (χ4n) is 3.02. The number of nitrogens with one attached hydrogen (secondary N) is 1. The van der Waals surface area contributed by atoms with Crippen molar-refractivity contribution < 1.29 is 9.26 Å². The van der Waals surface area contributed by atoms with Gasteiger partial charge in [-0.2, -0.15) is 4.98 Å². The van der Waals surface area contributed by atoms with Crippen molar-refractivity contribution in [1.29, 1.82) is 0 Å². The van der Waals surface area contributed by atoms with Crippen molar-refractivity contribution in [3.05, 3.63) is 11.7 Å². The monoisotopic (exact) mass is 295 g/mol. The molecule has 2 rings (SSSR count). The highest BCUT2D eigenvalue weighted by Crippen LogP contribution is 2.41. The number of hydrogen-bond donors (Lipinski definition) is 1. The molecule has 0 bridgehead atoms. The summed E-state index contributed by atoms with van der Waals surface area (Å²) in [6.45, 7) is 10.2. The summed E-state index contributed by atoms with van der Waals surface area (Å²) in [5.74, 6) is 1.66. The number of hydrogen-bond acceptors (Lipinski definition) is 5. The minimum absolute atomic E-state index is 0.206. The van der Waals surface area contributed by atoms with Gasteiger partial charge in [0, 0.05) is 12.6 Å². The molecule has 5 nitrogen and oxygen atoms in total. The summed E-state index contributed by atoms with van der Waals surface area (Å²) in [7, 11) is 0. The predicted molar refractivity (Wildman–Crippen MR) is 82.2 cm³/mol. The van der Waals surface area contributed by atoms with Gasteiger partial charge in [-0.25, -0.2) is 0 Å². The number of nitrogens with zero attached hydrogens (tertiary/aromatic N) is 2. The molecule has 1 saturated carbocycles. The Balaban J connectivity index is 2.09. The van der Waals surface area contributed by atoms with Crippen molar-refractivity contribution >= 4 is 0 Å². The Morgan fingerprint density at radius 2 is 2.00 bits per heavy atom. The molecule has 1 aliphatic rings. The van der Waals surface area contributed by atoms with E-state index in [4.69, 9.17) is 9.26 Å². The van der Waals surface area contributed by atoms with Crippen LogP contribution in [0, 0.1) is 0 Å². The first-order chi connectivity index (χ1) is 10.1. The molecule has 1 N–H and O–H groups in total. The summed E-state index contributed by atoms with van der Waals surface area (Å²) >= 11 is 0. The molecular weight excluding hydrogens is 266 g/mol. The molecule has 1 aromatic heterocycles. The van der Waals surface area contributed by atoms with Gasteiger partial charge in [0.05, 0.1) is 5.92 Å². The lowest BCUT2D eigenvalue weighted by Crippen LogP contribution is -2.32. The zero-order valence-electron chi connectivity index (χ0n) is 13.8. The van der Waals surface area contributed by atoms with Gasteiger partial charge in [-0.05, 0) is 52.5 Å². The van der Waals surface area contributed by atoms with Crippen LogP contribution >= 0.6 is 0 Å². The number of ether oxygens (including phenoxy) is 1. The van der Waals surface area contributed by atoms with Gasteiger partial charge in [-0.1, -0.05) is 19.0 Å². The minimum Gasteiger partial charge on any atom is -0.367 e. The summed E-state index contributed by atoms with van der Waals surface area (Å²) in [5.41, 5.74) is -0.309. The molecule has 1 aromatic rings. The molecule has 2 atom stereocenters. The van der Waals surface area contributed by atoms with Crippen LogP contribution in [0.1, 0.15) is 77.4 Å². The molecule has 1 heterocycles. The first kappa shape index (κ1) is 16.4. The maximum atomic E-state index is 5.99. The van der Waals surface area contributed by atoms with Crippen LogP contribution in [0.3, 0.4) is 0 Å². The Bertz CT molecular complexity index is 427. The quantitative estimate of drug-likeness (QED) is 0.797. The highest BCUT2D eigenvalue weighted by atomic mass is 16.5. The molecule has 1 fully saturated rings. The zero-order valence-corrected chi connectivity index (χ0v) is 13.8. The molecular formula is C16H29N3O2. The van der Waals surface area contributed by atoms with Crippen LogP contribution < -0.4 is 5.32 Å². The average molecular weight is 295 g/mol. The highest BCUT2D eigenvalue weighted by molar-refractivity contribution is 5.07. The third-order valence-corrected chi connectivity index (χ3v) is 4.54. The molecule has 0 aliphatic heterocycles. The van der Waals surface area contributed by atoms with E-state index in [2.05, 4.69) is 36.2 Å². The molecule has 5 heteroatoms. The van der Waals surface area contributed by atoms with Crippen molar-refractivity contribution in [1.82, 2.24) is 15.5 Å². The van der Waals surface area contributed by atoms with Crippen molar-refractivity contribution in [2.45, 2.75) is 77.4 Å². The first-order valence-electron chi connectivity index (χ1n) is 8.34. The van der Waals surface area contributed by atoms with Crippen LogP contribution in [0.5, 0.6) is 0 Å². The molecule has 0 spiro atoms. The Kier molecular flexibility index (Phi) is 5.76. The third-order valence-electron chi connectivity index (χ3n) is 4.54. The number of aromatic nitrogens is 2. The Morgan fingerprint density at radius 3 is 2.62 bits per heavy atom. The van der Waals surface area contributed by atoms with Crippen LogP contribution in [-0.4, -0.2) is 29.3 Å². The maximum Gasteiger partial charge on any atom is 0.231 e. The molecule has 0 aromatic carbocycles. The topological polar surface area (TPSA) is 60.2 Å². The van der Waals surface area contributed by atoms with Crippen molar-refractivity contribution in [2.75, 3.05) is 13.2 Å². The van der Waals surface area contributed by atoms with Gasteiger partial charge in [-0.15, -0.1) is 0 Å². The molecule has 0 amide bonds. The van der Waals surface area contributed by atoms with E-state index >= 15 is 0 Å². The van der Waals surface area contributed by atoms with Gasteiger partial charge in [0.15, 0.2) is 0 Å². The van der Waals surface area contributed by atoms with E-state index in [0.29, 0.717) is 18.5 Å². The third kappa shape index (κ3) is 3.64. The van der Waals surface area contributed by atoms with Gasteiger partial charge >= 0.3 is 0 Å². The zero-order chi connectivity index (χ0) is 15.3. The second kappa shape index (κ2) is 7.36. The molecule has 1 aliphatic carbocycles. The fraction of sp³-hybridized carbons (Fsp3) is 0.875. The van der Waals surface area contributed by atoms with E-state index in [1.165, 1.54) is 12.8 Å². The normalized spacial score (nSPS) is 20.6. The smallest absolute Gasteiger partial charge is 0.231 e. The largest absolute Gasteiger partial charge is 0.367 e. The summed E-state index contributed by atoms with van der Waals surface area (Å²) in [6, 6.07) is 0.324.